The van der Waals surface area contributed by atoms with Crippen molar-refractivity contribution in [1.29, 1.82) is 0 Å². The van der Waals surface area contributed by atoms with Crippen LogP contribution in [0.3, 0.4) is 0 Å². The van der Waals surface area contributed by atoms with E-state index in [0.717, 1.165) is 12.1 Å². The van der Waals surface area contributed by atoms with E-state index in [0.29, 0.717) is 22.7 Å². The fraction of sp³-hybridized carbons (Fsp3) is 0.136. The number of H-pyrrole nitrogens is 1. The van der Waals surface area contributed by atoms with E-state index in [1.165, 1.54) is 26.3 Å². The van der Waals surface area contributed by atoms with Crippen LogP contribution >= 0.6 is 23.2 Å². The van der Waals surface area contributed by atoms with E-state index in [4.69, 9.17) is 28.0 Å². The normalized spacial score (nSPS) is 14.1. The molecule has 0 unspecified atom stereocenters. The van der Waals surface area contributed by atoms with Crippen molar-refractivity contribution in [2.75, 3.05) is 7.11 Å². The summed E-state index contributed by atoms with van der Waals surface area (Å²) in [5, 5.41) is 0.0743. The molecule has 0 aliphatic heterocycles. The molecule has 0 aliphatic rings. The van der Waals surface area contributed by atoms with Crippen molar-refractivity contribution in [1.82, 2.24) is 15.4 Å². The Morgan fingerprint density at radius 2 is 2.00 bits per heavy atom. The first-order valence-electron chi connectivity index (χ1n) is 9.87. The van der Waals surface area contributed by atoms with Crippen LogP contribution in [0.25, 0.3) is 16.7 Å². The van der Waals surface area contributed by atoms with Gasteiger partial charge in [0.05, 0.1) is 28.3 Å². The van der Waals surface area contributed by atoms with Crippen molar-refractivity contribution in [3.63, 3.8) is 0 Å². The standard InChI is InChI=1S/C22H18Cl2F3N5O3S/c1-12(23)10-18(32-36(33,34)13-4-5-17(24)16(11-13)22(25,26)27)20(28-2)19(31-35-3)14-6-8-29-21-15(14)7-9-30-21/h4-11,31H,2H2,1,3H3,(H,29,30)/b12-10+,20-19?,32-18?. The average molecular weight is 560 g/mol. The second-order valence-electron chi connectivity index (χ2n) is 7.11. The number of pyridine rings is 1. The maximum Gasteiger partial charge on any atom is 0.417 e. The number of aliphatic imine (C=N–C) groups is 1. The van der Waals surface area contributed by atoms with Crippen molar-refractivity contribution < 1.29 is 26.4 Å². The number of nitrogens with one attached hydrogen (secondary N) is 2. The molecular weight excluding hydrogens is 542 g/mol. The van der Waals surface area contributed by atoms with Gasteiger partial charge in [0.1, 0.15) is 17.1 Å². The van der Waals surface area contributed by atoms with E-state index in [9.17, 15) is 21.6 Å². The molecule has 0 spiro atoms. The molecule has 2 heterocycles. The van der Waals surface area contributed by atoms with Crippen molar-refractivity contribution in [2.24, 2.45) is 9.39 Å². The van der Waals surface area contributed by atoms with Crippen LogP contribution in [0, 0.1) is 0 Å². The highest BCUT2D eigenvalue weighted by Gasteiger charge is 2.34. The Morgan fingerprint density at radius 1 is 1.28 bits per heavy atom. The van der Waals surface area contributed by atoms with Crippen LogP contribution in [-0.4, -0.2) is 37.9 Å². The van der Waals surface area contributed by atoms with Crippen LogP contribution in [0.2, 0.25) is 5.02 Å². The molecule has 36 heavy (non-hydrogen) atoms. The molecule has 8 nitrogen and oxygen atoms in total. The molecule has 0 saturated carbocycles. The molecule has 0 bridgehead atoms. The van der Waals surface area contributed by atoms with Gasteiger partial charge in [0.15, 0.2) is 0 Å². The van der Waals surface area contributed by atoms with Gasteiger partial charge in [-0.15, -0.1) is 0 Å². The van der Waals surface area contributed by atoms with Gasteiger partial charge >= 0.3 is 6.18 Å². The summed E-state index contributed by atoms with van der Waals surface area (Å²) in [5.41, 5.74) is 2.04. The Morgan fingerprint density at radius 3 is 2.61 bits per heavy atom. The Hall–Kier alpha value is -3.19. The first kappa shape index (κ1) is 27.4. The monoisotopic (exact) mass is 559 g/mol. The van der Waals surface area contributed by atoms with Gasteiger partial charge in [0.2, 0.25) is 0 Å². The second-order valence-corrected chi connectivity index (χ2v) is 9.72. The topological polar surface area (TPSA) is 109 Å². The van der Waals surface area contributed by atoms with Crippen LogP contribution in [0.5, 0.6) is 0 Å². The maximum absolute atomic E-state index is 13.3. The summed E-state index contributed by atoms with van der Waals surface area (Å²) in [6, 6.07) is 5.48. The summed E-state index contributed by atoms with van der Waals surface area (Å²) in [6.45, 7) is 4.96. The SMILES string of the molecule is C=NC(C(/C=C(\C)Cl)=NS(=O)(=O)c1ccc(Cl)c(C(F)(F)F)c1)=C(NOC)c1ccnc2[nH]ccc12. The molecule has 0 radical (unpaired) electrons. The maximum atomic E-state index is 13.3. The number of hydrogen-bond acceptors (Lipinski definition) is 6. The molecule has 0 saturated heterocycles. The van der Waals surface area contributed by atoms with Crippen molar-refractivity contribution in [3.8, 4) is 0 Å². The van der Waals surface area contributed by atoms with Crippen molar-refractivity contribution in [2.45, 2.75) is 18.0 Å². The number of alkyl halides is 3. The highest BCUT2D eigenvalue weighted by molar-refractivity contribution is 7.90. The van der Waals surface area contributed by atoms with Crippen LogP contribution < -0.4 is 5.48 Å². The van der Waals surface area contributed by atoms with Crippen LogP contribution in [0.4, 0.5) is 13.2 Å². The summed E-state index contributed by atoms with van der Waals surface area (Å²) in [6.07, 6.45) is -0.562. The summed E-state index contributed by atoms with van der Waals surface area (Å²) in [4.78, 5) is 15.4. The molecule has 3 aromatic rings. The number of allylic oxidation sites excluding steroid dienone is 2. The van der Waals surface area contributed by atoms with Gasteiger partial charge in [-0.05, 0) is 50.0 Å². The minimum absolute atomic E-state index is 0.107. The number of hydroxylamine groups is 1. The zero-order chi connectivity index (χ0) is 26.7. The third-order valence-corrected chi connectivity index (χ3v) is 6.39. The lowest BCUT2D eigenvalue weighted by Gasteiger charge is -2.15. The van der Waals surface area contributed by atoms with Gasteiger partial charge < -0.3 is 4.98 Å². The molecular formula is C22H18Cl2F3N5O3S. The molecule has 1 aromatic carbocycles. The number of rotatable bonds is 8. The third-order valence-electron chi connectivity index (χ3n) is 4.67. The molecule has 2 N–H and O–H groups in total. The van der Waals surface area contributed by atoms with Gasteiger partial charge in [-0.3, -0.25) is 15.3 Å². The molecule has 14 heteroatoms. The summed E-state index contributed by atoms with van der Waals surface area (Å²) >= 11 is 11.7. The lowest BCUT2D eigenvalue weighted by molar-refractivity contribution is -0.137. The average Bonchev–Trinajstić information content (AvgIpc) is 3.27. The third kappa shape index (κ3) is 5.95. The van der Waals surface area contributed by atoms with E-state index >= 15 is 0 Å². The molecule has 0 amide bonds. The molecule has 0 aliphatic carbocycles. The van der Waals surface area contributed by atoms with Crippen LogP contribution in [0.15, 0.2) is 73.8 Å². The van der Waals surface area contributed by atoms with E-state index in [1.54, 1.807) is 18.3 Å². The van der Waals surface area contributed by atoms with Crippen molar-refractivity contribution >= 4 is 62.4 Å². The van der Waals surface area contributed by atoms with Crippen LogP contribution in [-0.2, 0) is 21.0 Å². The van der Waals surface area contributed by atoms with Gasteiger partial charge in [-0.2, -0.15) is 26.0 Å². The fourth-order valence-electron chi connectivity index (χ4n) is 3.19. The fourth-order valence-corrected chi connectivity index (χ4v) is 4.53. The summed E-state index contributed by atoms with van der Waals surface area (Å²) < 4.78 is 69.9. The number of aromatic nitrogens is 2. The Balaban J connectivity index is 2.31. The van der Waals surface area contributed by atoms with E-state index in [1.807, 2.05) is 0 Å². The van der Waals surface area contributed by atoms with Gasteiger partial charge in [0, 0.05) is 28.4 Å². The second kappa shape index (κ2) is 10.8. The van der Waals surface area contributed by atoms with E-state index in [-0.39, 0.29) is 22.1 Å². The van der Waals surface area contributed by atoms with E-state index in [2.05, 4.69) is 31.6 Å². The predicted molar refractivity (Wildman–Crippen MR) is 133 cm³/mol. The Kier molecular flexibility index (Phi) is 8.24. The summed E-state index contributed by atoms with van der Waals surface area (Å²) in [5.74, 6) is 0. The molecule has 2 aromatic heterocycles. The summed E-state index contributed by atoms with van der Waals surface area (Å²) in [7, 11) is -3.39. The minimum Gasteiger partial charge on any atom is -0.346 e. The number of aromatic amines is 1. The zero-order valence-corrected chi connectivity index (χ0v) is 21.0. The quantitative estimate of drug-likeness (QED) is 0.270. The molecule has 190 valence electrons. The van der Waals surface area contributed by atoms with Gasteiger partial charge in [0.25, 0.3) is 10.0 Å². The smallest absolute Gasteiger partial charge is 0.346 e. The number of sulfonamides is 1. The molecule has 3 rings (SSSR count). The first-order valence-corrected chi connectivity index (χ1v) is 12.1. The highest BCUT2D eigenvalue weighted by Crippen LogP contribution is 2.36. The van der Waals surface area contributed by atoms with Gasteiger partial charge in [-0.1, -0.05) is 23.2 Å². The van der Waals surface area contributed by atoms with Crippen LogP contribution in [0.1, 0.15) is 18.1 Å². The van der Waals surface area contributed by atoms with Crippen molar-refractivity contribution in [3.05, 3.63) is 75.7 Å². The zero-order valence-electron chi connectivity index (χ0n) is 18.7. The lowest BCUT2D eigenvalue weighted by atomic mass is 10.1. The Labute approximate surface area is 214 Å². The molecule has 0 atom stereocenters. The molecule has 0 fully saturated rings. The largest absolute Gasteiger partial charge is 0.417 e. The number of benzene rings is 1. The lowest BCUT2D eigenvalue weighted by Crippen LogP contribution is -2.17. The highest BCUT2D eigenvalue weighted by atomic mass is 35.5. The predicted octanol–water partition coefficient (Wildman–Crippen LogP) is 5.73. The number of fused-ring (bicyclic) bond motifs is 1. The number of hydrogen-bond donors (Lipinski definition) is 2. The minimum atomic E-state index is -4.88. The van der Waals surface area contributed by atoms with E-state index < -0.39 is 31.7 Å². The number of halogens is 5. The van der Waals surface area contributed by atoms with Gasteiger partial charge in [-0.25, -0.2) is 4.98 Å². The Bertz CT molecular complexity index is 1510. The number of nitrogens with zero attached hydrogens (tertiary/aromatic N) is 3. The first-order chi connectivity index (χ1) is 16.9.